The minimum absolute atomic E-state index is 0.0588. The van der Waals surface area contributed by atoms with Crippen molar-refractivity contribution in [2.45, 2.75) is 26.3 Å². The van der Waals surface area contributed by atoms with Gasteiger partial charge in [0.1, 0.15) is 0 Å². The van der Waals surface area contributed by atoms with Crippen molar-refractivity contribution in [2.75, 3.05) is 25.0 Å². The first-order valence-corrected chi connectivity index (χ1v) is 9.83. The van der Waals surface area contributed by atoms with Gasteiger partial charge in [-0.2, -0.15) is 0 Å². The summed E-state index contributed by atoms with van der Waals surface area (Å²) in [6.45, 7) is 5.05. The molecule has 0 unspecified atom stereocenters. The Morgan fingerprint density at radius 2 is 2.12 bits per heavy atom. The maximum absolute atomic E-state index is 12.2. The van der Waals surface area contributed by atoms with Crippen molar-refractivity contribution in [1.29, 1.82) is 0 Å². The molecule has 1 aromatic heterocycles. The van der Waals surface area contributed by atoms with Crippen molar-refractivity contribution < 1.29 is 9.59 Å². The molecule has 138 valence electrons. The van der Waals surface area contributed by atoms with Gasteiger partial charge in [-0.25, -0.2) is 0 Å². The summed E-state index contributed by atoms with van der Waals surface area (Å²) < 4.78 is 0. The second-order valence-electron chi connectivity index (χ2n) is 6.43. The summed E-state index contributed by atoms with van der Waals surface area (Å²) in [6, 6.07) is 7.69. The van der Waals surface area contributed by atoms with Crippen LogP contribution in [0.4, 0.5) is 5.69 Å². The number of anilines is 1. The normalized spacial score (nSPS) is 16.8. The van der Waals surface area contributed by atoms with E-state index in [0.717, 1.165) is 18.5 Å². The molecule has 3 rings (SSSR count). The number of carbonyl (C=O) groups excluding carboxylic acids is 2. The molecule has 5 nitrogen and oxygen atoms in total. The third-order valence-corrected chi connectivity index (χ3v) is 6.14. The van der Waals surface area contributed by atoms with Crippen LogP contribution in [0.3, 0.4) is 0 Å². The summed E-state index contributed by atoms with van der Waals surface area (Å²) in [5.41, 5.74) is 2.78. The Balaban J connectivity index is 1.48. The average Bonchev–Trinajstić information content (AvgIpc) is 3.09. The van der Waals surface area contributed by atoms with Crippen LogP contribution in [0.15, 0.2) is 29.6 Å². The summed E-state index contributed by atoms with van der Waals surface area (Å²) in [7, 11) is 0. The Labute approximate surface area is 162 Å². The van der Waals surface area contributed by atoms with Gasteiger partial charge < -0.3 is 10.6 Å². The number of nitrogens with zero attached hydrogens (tertiary/aromatic N) is 1. The number of amides is 2. The molecule has 0 spiro atoms. The Bertz CT molecular complexity index is 821. The van der Waals surface area contributed by atoms with Crippen LogP contribution < -0.4 is 10.6 Å². The molecule has 2 amide bonds. The Kier molecular flexibility index (Phi) is 5.96. The number of benzene rings is 1. The number of carbonyl (C=O) groups is 2. The van der Waals surface area contributed by atoms with E-state index >= 15 is 0 Å². The number of fused-ring (bicyclic) bond motifs is 1. The number of rotatable bonds is 5. The molecule has 0 aliphatic carbocycles. The summed E-state index contributed by atoms with van der Waals surface area (Å²) in [4.78, 5) is 27.9. The fraction of sp³-hybridized carbons (Fsp3) is 0.368. The second kappa shape index (κ2) is 8.20. The van der Waals surface area contributed by atoms with Gasteiger partial charge in [-0.3, -0.25) is 14.5 Å². The number of halogens is 1. The van der Waals surface area contributed by atoms with E-state index in [1.165, 1.54) is 10.4 Å². The fourth-order valence-electron chi connectivity index (χ4n) is 3.13. The summed E-state index contributed by atoms with van der Waals surface area (Å²) in [5, 5.41) is 8.18. The molecule has 1 aromatic carbocycles. The molecular formula is C19H22ClN3O2S. The van der Waals surface area contributed by atoms with Gasteiger partial charge in [0.2, 0.25) is 11.8 Å². The molecule has 2 aromatic rings. The van der Waals surface area contributed by atoms with E-state index in [2.05, 4.69) is 33.9 Å². The highest BCUT2D eigenvalue weighted by Crippen LogP contribution is 2.32. The van der Waals surface area contributed by atoms with E-state index in [-0.39, 0.29) is 24.4 Å². The van der Waals surface area contributed by atoms with Crippen LogP contribution in [0.2, 0.25) is 5.02 Å². The molecule has 1 atom stereocenters. The van der Waals surface area contributed by atoms with Crippen LogP contribution in [0.1, 0.15) is 29.0 Å². The highest BCUT2D eigenvalue weighted by Gasteiger charge is 2.26. The molecule has 0 bridgehead atoms. The van der Waals surface area contributed by atoms with Gasteiger partial charge in [0.15, 0.2) is 0 Å². The van der Waals surface area contributed by atoms with E-state index in [9.17, 15) is 9.59 Å². The molecule has 0 saturated heterocycles. The van der Waals surface area contributed by atoms with Crippen LogP contribution in [0, 0.1) is 6.92 Å². The molecule has 2 N–H and O–H groups in total. The van der Waals surface area contributed by atoms with Gasteiger partial charge in [-0.1, -0.05) is 17.7 Å². The minimum Gasteiger partial charge on any atom is -0.346 e. The lowest BCUT2D eigenvalue weighted by atomic mass is 10.0. The minimum atomic E-state index is -0.268. The van der Waals surface area contributed by atoms with Crippen molar-refractivity contribution in [3.05, 3.63) is 50.7 Å². The van der Waals surface area contributed by atoms with Gasteiger partial charge >= 0.3 is 0 Å². The topological polar surface area (TPSA) is 61.4 Å². The predicted molar refractivity (Wildman–Crippen MR) is 106 cm³/mol. The van der Waals surface area contributed by atoms with Crippen LogP contribution in [0.25, 0.3) is 0 Å². The molecule has 1 aliphatic heterocycles. The molecule has 2 heterocycles. The zero-order valence-electron chi connectivity index (χ0n) is 14.8. The first-order valence-electron chi connectivity index (χ1n) is 8.57. The van der Waals surface area contributed by atoms with E-state index in [4.69, 9.17) is 11.6 Å². The molecule has 0 fully saturated rings. The Morgan fingerprint density at radius 1 is 1.31 bits per heavy atom. The van der Waals surface area contributed by atoms with E-state index in [1.54, 1.807) is 29.5 Å². The standard InChI is InChI=1S/C19H22ClN3O2S/c1-12-15(20)4-3-5-16(12)22-18(24)10-21-19(25)11-23-8-6-17-14(13(23)2)7-9-26-17/h3-5,7,9,13H,6,8,10-11H2,1-2H3,(H,21,25)(H,22,24)/t13-/m1/s1. The SMILES string of the molecule is Cc1c(Cl)cccc1NC(=O)CNC(=O)CN1CCc2sccc2[C@H]1C. The number of hydrogen-bond acceptors (Lipinski definition) is 4. The lowest BCUT2D eigenvalue weighted by Crippen LogP contribution is -2.43. The smallest absolute Gasteiger partial charge is 0.243 e. The first-order chi connectivity index (χ1) is 12.5. The zero-order chi connectivity index (χ0) is 18.7. The second-order valence-corrected chi connectivity index (χ2v) is 7.84. The van der Waals surface area contributed by atoms with Crippen molar-refractivity contribution in [3.63, 3.8) is 0 Å². The monoisotopic (exact) mass is 391 g/mol. The maximum atomic E-state index is 12.2. The fourth-order valence-corrected chi connectivity index (χ4v) is 4.27. The van der Waals surface area contributed by atoms with Crippen molar-refractivity contribution in [3.8, 4) is 0 Å². The Morgan fingerprint density at radius 3 is 2.92 bits per heavy atom. The lowest BCUT2D eigenvalue weighted by Gasteiger charge is -2.32. The Hall–Kier alpha value is -1.89. The third kappa shape index (κ3) is 4.26. The summed E-state index contributed by atoms with van der Waals surface area (Å²) in [6.07, 6.45) is 0.971. The molecule has 26 heavy (non-hydrogen) atoms. The highest BCUT2D eigenvalue weighted by molar-refractivity contribution is 7.10. The molecule has 7 heteroatoms. The zero-order valence-corrected chi connectivity index (χ0v) is 16.4. The van der Waals surface area contributed by atoms with Crippen molar-refractivity contribution in [1.82, 2.24) is 10.2 Å². The van der Waals surface area contributed by atoms with Gasteiger partial charge in [-0.05, 0) is 55.0 Å². The van der Waals surface area contributed by atoms with Crippen LogP contribution >= 0.6 is 22.9 Å². The third-order valence-electron chi connectivity index (χ3n) is 4.74. The number of hydrogen-bond donors (Lipinski definition) is 2. The van der Waals surface area contributed by atoms with Gasteiger partial charge in [0.05, 0.1) is 13.1 Å². The van der Waals surface area contributed by atoms with Gasteiger partial charge in [0, 0.05) is 28.2 Å². The van der Waals surface area contributed by atoms with Crippen LogP contribution in [0.5, 0.6) is 0 Å². The van der Waals surface area contributed by atoms with E-state index in [0.29, 0.717) is 17.3 Å². The van der Waals surface area contributed by atoms with Crippen LogP contribution in [-0.4, -0.2) is 36.3 Å². The van der Waals surface area contributed by atoms with Crippen molar-refractivity contribution in [2.24, 2.45) is 0 Å². The first kappa shape index (κ1) is 18.9. The molecule has 1 aliphatic rings. The largest absolute Gasteiger partial charge is 0.346 e. The quantitative estimate of drug-likeness (QED) is 0.821. The van der Waals surface area contributed by atoms with Crippen LogP contribution in [-0.2, 0) is 16.0 Å². The number of thiophene rings is 1. The van der Waals surface area contributed by atoms with E-state index < -0.39 is 0 Å². The van der Waals surface area contributed by atoms with E-state index in [1.807, 2.05) is 6.92 Å². The van der Waals surface area contributed by atoms with Gasteiger partial charge in [-0.15, -0.1) is 11.3 Å². The molecule has 0 saturated carbocycles. The maximum Gasteiger partial charge on any atom is 0.243 e. The summed E-state index contributed by atoms with van der Waals surface area (Å²) in [5.74, 6) is -0.413. The summed E-state index contributed by atoms with van der Waals surface area (Å²) >= 11 is 7.83. The highest BCUT2D eigenvalue weighted by atomic mass is 35.5. The average molecular weight is 392 g/mol. The van der Waals surface area contributed by atoms with Gasteiger partial charge in [0.25, 0.3) is 0 Å². The molecule has 0 radical (unpaired) electrons. The lowest BCUT2D eigenvalue weighted by molar-refractivity contribution is -0.125. The predicted octanol–water partition coefficient (Wildman–Crippen LogP) is 3.38. The number of nitrogens with one attached hydrogen (secondary N) is 2. The molecular weight excluding hydrogens is 370 g/mol. The van der Waals surface area contributed by atoms with Crippen molar-refractivity contribution >= 4 is 40.4 Å².